The van der Waals surface area contributed by atoms with Gasteiger partial charge in [0.2, 0.25) is 0 Å². The van der Waals surface area contributed by atoms with Crippen LogP contribution in [-0.2, 0) is 26.9 Å². The highest BCUT2D eigenvalue weighted by atomic mass is 19.4. The van der Waals surface area contributed by atoms with E-state index < -0.39 is 42.7 Å². The fourth-order valence-corrected chi connectivity index (χ4v) is 2.68. The predicted molar refractivity (Wildman–Crippen MR) is 112 cm³/mol. The maximum Gasteiger partial charge on any atom is 0.416 e. The van der Waals surface area contributed by atoms with Crippen molar-refractivity contribution in [2.24, 2.45) is 0 Å². The third-order valence-electron chi connectivity index (χ3n) is 4.02. The number of carbonyl (C=O) groups is 3. The molecule has 0 saturated carbocycles. The largest absolute Gasteiger partial charge is 0.490 e. The van der Waals surface area contributed by atoms with Crippen molar-refractivity contribution >= 4 is 23.6 Å². The molecule has 0 unspecified atom stereocenters. The zero-order chi connectivity index (χ0) is 24.4. The Kier molecular flexibility index (Phi) is 9.08. The molecule has 0 fully saturated rings. The van der Waals surface area contributed by atoms with Crippen LogP contribution in [0.1, 0.15) is 25.0 Å². The topological polar surface area (TPSA) is 103 Å². The highest BCUT2D eigenvalue weighted by Gasteiger charge is 2.30. The van der Waals surface area contributed by atoms with Crippen molar-refractivity contribution in [1.82, 2.24) is 5.32 Å². The Morgan fingerprint density at radius 3 is 2.30 bits per heavy atom. The summed E-state index contributed by atoms with van der Waals surface area (Å²) in [5.74, 6) is -0.931. The van der Waals surface area contributed by atoms with Gasteiger partial charge in [-0.25, -0.2) is 4.79 Å². The third-order valence-corrected chi connectivity index (χ3v) is 4.02. The molecule has 0 saturated heterocycles. The van der Waals surface area contributed by atoms with Gasteiger partial charge in [-0.3, -0.25) is 14.9 Å². The Labute approximate surface area is 188 Å². The minimum atomic E-state index is -4.54. The number of hydrogen-bond donors (Lipinski definition) is 2. The van der Waals surface area contributed by atoms with Crippen LogP contribution in [0.4, 0.5) is 23.7 Å². The Bertz CT molecular complexity index is 994. The van der Waals surface area contributed by atoms with E-state index >= 15 is 0 Å². The van der Waals surface area contributed by atoms with E-state index in [-0.39, 0.29) is 5.56 Å². The zero-order valence-corrected chi connectivity index (χ0v) is 18.0. The average Bonchev–Trinajstić information content (AvgIpc) is 2.74. The molecule has 0 radical (unpaired) electrons. The monoisotopic (exact) mass is 468 g/mol. The van der Waals surface area contributed by atoms with E-state index in [2.05, 4.69) is 5.32 Å². The van der Waals surface area contributed by atoms with Crippen molar-refractivity contribution in [3.8, 4) is 11.5 Å². The van der Waals surface area contributed by atoms with E-state index in [4.69, 9.17) is 14.2 Å². The van der Waals surface area contributed by atoms with E-state index in [1.165, 1.54) is 18.2 Å². The van der Waals surface area contributed by atoms with Crippen LogP contribution in [0.5, 0.6) is 11.5 Å². The van der Waals surface area contributed by atoms with Crippen molar-refractivity contribution in [2.45, 2.75) is 26.4 Å². The molecule has 0 aromatic heterocycles. The molecule has 2 N–H and O–H groups in total. The second-order valence-electron chi connectivity index (χ2n) is 6.57. The lowest BCUT2D eigenvalue weighted by atomic mass is 10.1. The van der Waals surface area contributed by atoms with E-state index in [9.17, 15) is 27.6 Å². The molecule has 178 valence electrons. The number of anilines is 1. The number of carbonyl (C=O) groups excluding carboxylic acids is 3. The summed E-state index contributed by atoms with van der Waals surface area (Å²) in [6.45, 7) is 3.62. The molecule has 11 heteroatoms. The summed E-state index contributed by atoms with van der Waals surface area (Å²) in [6.07, 6.45) is -5.00. The molecule has 0 aliphatic carbocycles. The molecule has 2 aromatic rings. The number of ether oxygens (including phenoxy) is 3. The number of rotatable bonds is 9. The first-order chi connectivity index (χ1) is 15.6. The number of hydrogen-bond acceptors (Lipinski definition) is 6. The van der Waals surface area contributed by atoms with Crippen LogP contribution >= 0.6 is 0 Å². The highest BCUT2D eigenvalue weighted by molar-refractivity contribution is 6.02. The van der Waals surface area contributed by atoms with Gasteiger partial charge in [-0.15, -0.1) is 0 Å². The van der Waals surface area contributed by atoms with Crippen LogP contribution < -0.4 is 20.1 Å². The normalized spacial score (nSPS) is 10.8. The van der Waals surface area contributed by atoms with E-state index in [1.54, 1.807) is 19.1 Å². The van der Waals surface area contributed by atoms with Gasteiger partial charge in [0.1, 0.15) is 0 Å². The maximum absolute atomic E-state index is 12.7. The van der Waals surface area contributed by atoms with Gasteiger partial charge in [-0.1, -0.05) is 18.2 Å². The van der Waals surface area contributed by atoms with Crippen molar-refractivity contribution in [1.29, 1.82) is 0 Å². The van der Waals surface area contributed by atoms with Gasteiger partial charge in [-0.05, 0) is 37.6 Å². The number of urea groups is 1. The lowest BCUT2D eigenvalue weighted by molar-refractivity contribution is -0.147. The second kappa shape index (κ2) is 11.7. The molecule has 0 heterocycles. The Morgan fingerprint density at radius 2 is 1.64 bits per heavy atom. The van der Waals surface area contributed by atoms with Gasteiger partial charge in [0.15, 0.2) is 18.1 Å². The molecule has 0 bridgehead atoms. The van der Waals surface area contributed by atoms with Crippen molar-refractivity contribution in [3.05, 3.63) is 53.6 Å². The van der Waals surface area contributed by atoms with Crippen LogP contribution in [0.3, 0.4) is 0 Å². The first kappa shape index (κ1) is 25.5. The summed E-state index contributed by atoms with van der Waals surface area (Å²) in [6, 6.07) is 7.99. The van der Waals surface area contributed by atoms with E-state index in [0.717, 1.165) is 12.1 Å². The Hall–Kier alpha value is -3.76. The first-order valence-electron chi connectivity index (χ1n) is 9.94. The molecule has 33 heavy (non-hydrogen) atoms. The number of nitrogens with one attached hydrogen (secondary N) is 2. The maximum atomic E-state index is 12.7. The lowest BCUT2D eigenvalue weighted by Gasteiger charge is -2.13. The standard InChI is InChI=1S/C22H23F3N2O6/c1-3-31-17-9-8-16(12-18(17)32-4-2)26-21(30)27-19(28)13-33-20(29)11-14-6-5-7-15(10-14)22(23,24)25/h5-10,12H,3-4,11,13H2,1-2H3,(H2,26,27,28,30). The van der Waals surface area contributed by atoms with Crippen molar-refractivity contribution in [2.75, 3.05) is 25.1 Å². The number of amides is 3. The van der Waals surface area contributed by atoms with Crippen molar-refractivity contribution < 1.29 is 41.8 Å². The lowest BCUT2D eigenvalue weighted by Crippen LogP contribution is -2.37. The van der Waals surface area contributed by atoms with E-state index in [0.29, 0.717) is 30.4 Å². The van der Waals surface area contributed by atoms with Gasteiger partial charge in [-0.2, -0.15) is 13.2 Å². The summed E-state index contributed by atoms with van der Waals surface area (Å²) in [4.78, 5) is 35.7. The van der Waals surface area contributed by atoms with Gasteiger partial charge in [0.05, 0.1) is 25.2 Å². The van der Waals surface area contributed by atoms with Crippen LogP contribution in [0, 0.1) is 0 Å². The molecule has 2 aromatic carbocycles. The number of imide groups is 1. The van der Waals surface area contributed by atoms with Crippen molar-refractivity contribution in [3.63, 3.8) is 0 Å². The SMILES string of the molecule is CCOc1ccc(NC(=O)NC(=O)COC(=O)Cc2cccc(C(F)(F)F)c2)cc1OCC. The molecule has 8 nitrogen and oxygen atoms in total. The molecule has 0 aliphatic rings. The van der Waals surface area contributed by atoms with Gasteiger partial charge in [0, 0.05) is 11.8 Å². The number of benzene rings is 2. The molecular weight excluding hydrogens is 445 g/mol. The summed E-state index contributed by atoms with van der Waals surface area (Å²) in [5.41, 5.74) is -0.494. The quantitative estimate of drug-likeness (QED) is 0.541. The van der Waals surface area contributed by atoms with Crippen LogP contribution in [-0.4, -0.2) is 37.7 Å². The molecular formula is C22H23F3N2O6. The summed E-state index contributed by atoms with van der Waals surface area (Å²) >= 11 is 0. The van der Waals surface area contributed by atoms with E-state index in [1.807, 2.05) is 12.2 Å². The van der Waals surface area contributed by atoms with Crippen LogP contribution in [0.15, 0.2) is 42.5 Å². The number of alkyl halides is 3. The smallest absolute Gasteiger partial charge is 0.416 e. The minimum Gasteiger partial charge on any atom is -0.490 e. The van der Waals surface area contributed by atoms with Gasteiger partial charge in [0.25, 0.3) is 5.91 Å². The number of esters is 1. The van der Waals surface area contributed by atoms with Crippen LogP contribution in [0.25, 0.3) is 0 Å². The summed E-state index contributed by atoms with van der Waals surface area (Å²) < 4.78 is 53.8. The van der Waals surface area contributed by atoms with Crippen LogP contribution in [0.2, 0.25) is 0 Å². The number of halogens is 3. The fourth-order valence-electron chi connectivity index (χ4n) is 2.68. The summed E-state index contributed by atoms with van der Waals surface area (Å²) in [5, 5.41) is 4.42. The first-order valence-corrected chi connectivity index (χ1v) is 9.94. The molecule has 3 amide bonds. The van der Waals surface area contributed by atoms with Gasteiger partial charge < -0.3 is 19.5 Å². The predicted octanol–water partition coefficient (Wildman–Crippen LogP) is 3.94. The molecule has 0 aliphatic heterocycles. The minimum absolute atomic E-state index is 0.0774. The molecule has 2 rings (SSSR count). The second-order valence-corrected chi connectivity index (χ2v) is 6.57. The third kappa shape index (κ3) is 8.36. The summed E-state index contributed by atoms with van der Waals surface area (Å²) in [7, 11) is 0. The van der Waals surface area contributed by atoms with Gasteiger partial charge >= 0.3 is 18.2 Å². The zero-order valence-electron chi connectivity index (χ0n) is 18.0. The highest BCUT2D eigenvalue weighted by Crippen LogP contribution is 2.31. The average molecular weight is 468 g/mol. The molecule has 0 atom stereocenters. The Morgan fingerprint density at radius 1 is 0.939 bits per heavy atom. The fraction of sp³-hybridized carbons (Fsp3) is 0.318. The Balaban J connectivity index is 1.84. The molecule has 0 spiro atoms.